The first-order valence-corrected chi connectivity index (χ1v) is 7.11. The summed E-state index contributed by atoms with van der Waals surface area (Å²) in [5, 5.41) is 3.04. The average molecular weight is 284 g/mol. The molecule has 1 saturated heterocycles. The largest absolute Gasteiger partial charge is 0.353 e. The second-order valence-electron chi connectivity index (χ2n) is 6.92. The number of rotatable bonds is 4. The number of nitrogens with two attached hydrogens (primary N) is 1. The van der Waals surface area contributed by atoms with Crippen LogP contribution in [-0.2, 0) is 9.59 Å². The van der Waals surface area contributed by atoms with Crippen molar-refractivity contribution in [3.63, 3.8) is 0 Å². The van der Waals surface area contributed by atoms with E-state index in [0.29, 0.717) is 0 Å². The number of hydrogen-bond donors (Lipinski definition) is 3. The molecule has 1 aliphatic rings. The summed E-state index contributed by atoms with van der Waals surface area (Å²) in [4.78, 5) is 25.3. The highest BCUT2D eigenvalue weighted by Crippen LogP contribution is 2.36. The summed E-state index contributed by atoms with van der Waals surface area (Å²) in [5.41, 5.74) is 2.10. The zero-order chi connectivity index (χ0) is 15.6. The minimum absolute atomic E-state index is 0.0360. The number of carbonyl (C=O) groups excluding carboxylic acids is 2. The Morgan fingerprint density at radius 2 is 1.55 bits per heavy atom. The van der Waals surface area contributed by atoms with E-state index in [9.17, 15) is 9.59 Å². The first kappa shape index (κ1) is 16.9. The van der Waals surface area contributed by atoms with E-state index in [4.69, 9.17) is 5.84 Å². The fourth-order valence-corrected chi connectivity index (χ4v) is 3.07. The molecule has 0 aromatic carbocycles. The van der Waals surface area contributed by atoms with Crippen LogP contribution in [0.3, 0.4) is 0 Å². The minimum atomic E-state index is -0.316. The van der Waals surface area contributed by atoms with Crippen molar-refractivity contribution in [3.8, 4) is 0 Å². The third kappa shape index (κ3) is 4.18. The van der Waals surface area contributed by atoms with Gasteiger partial charge in [-0.15, -0.1) is 0 Å². The fraction of sp³-hybridized carbons (Fsp3) is 0.857. The number of carbonyl (C=O) groups is 2. The third-order valence-electron chi connectivity index (χ3n) is 4.41. The van der Waals surface area contributed by atoms with Gasteiger partial charge in [0.05, 0.1) is 0 Å². The van der Waals surface area contributed by atoms with Gasteiger partial charge in [-0.2, -0.15) is 0 Å². The maximum atomic E-state index is 11.9. The Labute approximate surface area is 121 Å². The van der Waals surface area contributed by atoms with E-state index in [1.807, 2.05) is 5.43 Å². The van der Waals surface area contributed by atoms with E-state index in [-0.39, 0.29) is 41.8 Å². The number of nitrogens with zero attached hydrogens (tertiary/aromatic N) is 1. The Kier molecular flexibility index (Phi) is 5.15. The van der Waals surface area contributed by atoms with Crippen LogP contribution in [0, 0.1) is 0 Å². The van der Waals surface area contributed by atoms with Crippen LogP contribution in [0.2, 0.25) is 0 Å². The highest BCUT2D eigenvalue weighted by molar-refractivity contribution is 5.83. The predicted molar refractivity (Wildman–Crippen MR) is 78.6 cm³/mol. The third-order valence-corrected chi connectivity index (χ3v) is 4.41. The van der Waals surface area contributed by atoms with Gasteiger partial charge in [0.2, 0.25) is 11.8 Å². The lowest BCUT2D eigenvalue weighted by Gasteiger charge is -2.53. The molecule has 1 heterocycles. The van der Waals surface area contributed by atoms with Crippen LogP contribution in [0.1, 0.15) is 53.4 Å². The van der Waals surface area contributed by atoms with E-state index < -0.39 is 0 Å². The van der Waals surface area contributed by atoms with Crippen LogP contribution in [0.25, 0.3) is 0 Å². The maximum Gasteiger partial charge on any atom is 0.234 e. The Morgan fingerprint density at radius 1 is 1.10 bits per heavy atom. The molecule has 1 aliphatic heterocycles. The van der Waals surface area contributed by atoms with Crippen molar-refractivity contribution < 1.29 is 9.59 Å². The van der Waals surface area contributed by atoms with E-state index in [1.165, 1.54) is 0 Å². The van der Waals surface area contributed by atoms with Crippen LogP contribution >= 0.6 is 0 Å². The highest BCUT2D eigenvalue weighted by Gasteiger charge is 2.43. The molecule has 0 aromatic rings. The van der Waals surface area contributed by atoms with Crippen LogP contribution in [0.5, 0.6) is 0 Å². The average Bonchev–Trinajstić information content (AvgIpc) is 2.32. The zero-order valence-electron chi connectivity index (χ0n) is 13.2. The smallest absolute Gasteiger partial charge is 0.234 e. The van der Waals surface area contributed by atoms with Gasteiger partial charge in [-0.3, -0.25) is 19.9 Å². The van der Waals surface area contributed by atoms with Gasteiger partial charge in [-0.25, -0.2) is 5.84 Å². The van der Waals surface area contributed by atoms with Gasteiger partial charge in [0.15, 0.2) is 0 Å². The van der Waals surface area contributed by atoms with Crippen molar-refractivity contribution in [2.45, 2.75) is 70.5 Å². The number of piperidine rings is 1. The van der Waals surface area contributed by atoms with Crippen molar-refractivity contribution >= 4 is 11.8 Å². The number of nitrogens with one attached hydrogen (secondary N) is 2. The molecular weight excluding hydrogens is 256 g/mol. The zero-order valence-corrected chi connectivity index (χ0v) is 13.2. The second kappa shape index (κ2) is 6.10. The molecule has 0 unspecified atom stereocenters. The number of hydrogen-bond acceptors (Lipinski definition) is 4. The predicted octanol–water partition coefficient (Wildman–Crippen LogP) is 0.524. The summed E-state index contributed by atoms with van der Waals surface area (Å²) in [6.45, 7) is 8.76. The van der Waals surface area contributed by atoms with Gasteiger partial charge in [0.25, 0.3) is 0 Å². The number of amides is 2. The molecule has 0 bridgehead atoms. The molecule has 1 rings (SSSR count). The maximum absolute atomic E-state index is 11.9. The van der Waals surface area contributed by atoms with Gasteiger partial charge >= 0.3 is 0 Å². The number of hydrazine groups is 1. The molecule has 0 saturated carbocycles. The molecule has 4 N–H and O–H groups in total. The van der Waals surface area contributed by atoms with Crippen molar-refractivity contribution in [2.75, 3.05) is 7.05 Å². The van der Waals surface area contributed by atoms with E-state index in [2.05, 4.69) is 45.0 Å². The molecule has 6 nitrogen and oxygen atoms in total. The molecule has 1 fully saturated rings. The van der Waals surface area contributed by atoms with Crippen molar-refractivity contribution in [3.05, 3.63) is 0 Å². The summed E-state index contributed by atoms with van der Waals surface area (Å²) >= 11 is 0. The van der Waals surface area contributed by atoms with Gasteiger partial charge in [0.1, 0.15) is 0 Å². The SMILES string of the molecule is CN1C(C)(C)CC(NC(=O)CCC(=O)NN)CC1(C)C. The Hall–Kier alpha value is -1.14. The standard InChI is InChI=1S/C14H28N4O2/c1-13(2)8-10(9-14(3,4)18(13)5)16-11(19)6-7-12(20)17-15/h10H,6-9,15H2,1-5H3,(H,16,19)(H,17,20). The lowest BCUT2D eigenvalue weighted by atomic mass is 9.77. The summed E-state index contributed by atoms with van der Waals surface area (Å²) in [6.07, 6.45) is 2.11. The lowest BCUT2D eigenvalue weighted by molar-refractivity contribution is -0.127. The van der Waals surface area contributed by atoms with Crippen molar-refractivity contribution in [1.29, 1.82) is 0 Å². The van der Waals surface area contributed by atoms with Crippen LogP contribution < -0.4 is 16.6 Å². The lowest BCUT2D eigenvalue weighted by Crippen LogP contribution is -2.62. The van der Waals surface area contributed by atoms with Crippen LogP contribution in [-0.4, -0.2) is 40.9 Å². The molecule has 20 heavy (non-hydrogen) atoms. The van der Waals surface area contributed by atoms with E-state index >= 15 is 0 Å². The Morgan fingerprint density at radius 3 is 2.00 bits per heavy atom. The monoisotopic (exact) mass is 284 g/mol. The van der Waals surface area contributed by atoms with Gasteiger partial charge in [-0.1, -0.05) is 0 Å². The summed E-state index contributed by atoms with van der Waals surface area (Å²) in [5.74, 6) is 4.59. The first-order valence-electron chi connectivity index (χ1n) is 7.11. The molecule has 6 heteroatoms. The molecule has 0 spiro atoms. The summed E-state index contributed by atoms with van der Waals surface area (Å²) in [6, 6.07) is 0.143. The molecule has 2 amide bonds. The molecule has 0 aliphatic carbocycles. The fourth-order valence-electron chi connectivity index (χ4n) is 3.07. The van der Waals surface area contributed by atoms with E-state index in [0.717, 1.165) is 12.8 Å². The normalized spacial score (nSPS) is 22.3. The first-order chi connectivity index (χ1) is 9.08. The van der Waals surface area contributed by atoms with Crippen molar-refractivity contribution in [2.24, 2.45) is 5.84 Å². The van der Waals surface area contributed by atoms with Crippen LogP contribution in [0.15, 0.2) is 0 Å². The molecular formula is C14H28N4O2. The molecule has 0 aromatic heterocycles. The highest BCUT2D eigenvalue weighted by atomic mass is 16.2. The number of likely N-dealkylation sites (tertiary alicyclic amines) is 1. The molecule has 116 valence electrons. The van der Waals surface area contributed by atoms with Gasteiger partial charge in [0, 0.05) is 30.0 Å². The second-order valence-corrected chi connectivity index (χ2v) is 6.92. The molecule has 0 atom stereocenters. The minimum Gasteiger partial charge on any atom is -0.353 e. The Balaban J connectivity index is 2.56. The molecule has 0 radical (unpaired) electrons. The van der Waals surface area contributed by atoms with Gasteiger partial charge in [-0.05, 0) is 47.6 Å². The quantitative estimate of drug-likeness (QED) is 0.399. The Bertz CT molecular complexity index is 361. The summed E-state index contributed by atoms with van der Waals surface area (Å²) in [7, 11) is 2.13. The van der Waals surface area contributed by atoms with Crippen molar-refractivity contribution in [1.82, 2.24) is 15.6 Å². The van der Waals surface area contributed by atoms with E-state index in [1.54, 1.807) is 0 Å². The topological polar surface area (TPSA) is 87.5 Å². The van der Waals surface area contributed by atoms with Crippen LogP contribution in [0.4, 0.5) is 0 Å². The van der Waals surface area contributed by atoms with Gasteiger partial charge < -0.3 is 5.32 Å². The summed E-state index contributed by atoms with van der Waals surface area (Å²) < 4.78 is 0.